The lowest BCUT2D eigenvalue weighted by Gasteiger charge is -2.15. The minimum atomic E-state index is -4.83. The first-order valence-corrected chi connectivity index (χ1v) is 8.08. The van der Waals surface area contributed by atoms with Gasteiger partial charge < -0.3 is 5.11 Å². The quantitative estimate of drug-likeness (QED) is 0.814. The second-order valence-electron chi connectivity index (χ2n) is 5.11. The molecule has 1 aliphatic carbocycles. The molecule has 1 aromatic carbocycles. The van der Waals surface area contributed by atoms with Crippen molar-refractivity contribution >= 4 is 10.0 Å². The Morgan fingerprint density at radius 2 is 2.04 bits per heavy atom. The predicted octanol–water partition coefficient (Wildman–Crippen LogP) is 1.79. The standard InChI is InChI=1S/C14H13F3N2O3S/c15-14(16,17)13-6-12(4-2-10(13)7-18)23(21,22)19-11-3-1-9(5-11)8-20/h1-4,6,9,11,19-20H,5,8H2/t9-,11+/m0/s1. The van der Waals surface area contributed by atoms with Crippen LogP contribution in [0.1, 0.15) is 17.5 Å². The average Bonchev–Trinajstić information content (AvgIpc) is 2.92. The maximum absolute atomic E-state index is 12.9. The molecule has 0 unspecified atom stereocenters. The van der Waals surface area contributed by atoms with Gasteiger partial charge in [-0.1, -0.05) is 12.2 Å². The van der Waals surface area contributed by atoms with Gasteiger partial charge in [-0.2, -0.15) is 18.4 Å². The lowest BCUT2D eigenvalue weighted by atomic mass is 10.1. The van der Waals surface area contributed by atoms with Gasteiger partial charge in [0.25, 0.3) is 0 Å². The molecule has 1 aromatic rings. The number of nitriles is 1. The molecule has 2 atom stereocenters. The van der Waals surface area contributed by atoms with Gasteiger partial charge in [-0.05, 0) is 24.6 Å². The third-order valence-electron chi connectivity index (χ3n) is 3.44. The molecular weight excluding hydrogens is 333 g/mol. The zero-order valence-corrected chi connectivity index (χ0v) is 12.5. The molecule has 2 rings (SSSR count). The van der Waals surface area contributed by atoms with Crippen LogP contribution < -0.4 is 4.72 Å². The molecule has 0 aliphatic heterocycles. The number of nitrogens with one attached hydrogen (secondary N) is 1. The zero-order chi connectivity index (χ0) is 17.3. The highest BCUT2D eigenvalue weighted by atomic mass is 32.2. The Kier molecular flexibility index (Phi) is 4.79. The normalized spacial score (nSPS) is 21.3. The molecule has 0 spiro atoms. The molecule has 0 saturated heterocycles. The van der Waals surface area contributed by atoms with Crippen LogP contribution >= 0.6 is 0 Å². The molecule has 124 valence electrons. The molecule has 0 aromatic heterocycles. The first kappa shape index (κ1) is 17.5. The lowest BCUT2D eigenvalue weighted by molar-refractivity contribution is -0.137. The minimum absolute atomic E-state index is 0.135. The molecule has 0 fully saturated rings. The van der Waals surface area contributed by atoms with Crippen molar-refractivity contribution in [1.82, 2.24) is 4.72 Å². The van der Waals surface area contributed by atoms with E-state index in [2.05, 4.69) is 4.72 Å². The number of hydrogen-bond donors (Lipinski definition) is 2. The third kappa shape index (κ3) is 3.90. The molecule has 5 nitrogen and oxygen atoms in total. The summed E-state index contributed by atoms with van der Waals surface area (Å²) < 4.78 is 65.4. The number of halogens is 3. The summed E-state index contributed by atoms with van der Waals surface area (Å²) in [5.74, 6) is -0.186. The highest BCUT2D eigenvalue weighted by molar-refractivity contribution is 7.89. The van der Waals surface area contributed by atoms with Gasteiger partial charge in [0.05, 0.1) is 22.1 Å². The Labute approximate surface area is 131 Å². The van der Waals surface area contributed by atoms with E-state index in [1.807, 2.05) is 0 Å². The van der Waals surface area contributed by atoms with Crippen molar-refractivity contribution in [2.75, 3.05) is 6.61 Å². The van der Waals surface area contributed by atoms with E-state index in [0.29, 0.717) is 12.5 Å². The van der Waals surface area contributed by atoms with Gasteiger partial charge in [-0.25, -0.2) is 13.1 Å². The monoisotopic (exact) mass is 346 g/mol. The molecule has 0 saturated carbocycles. The minimum Gasteiger partial charge on any atom is -0.396 e. The lowest BCUT2D eigenvalue weighted by Crippen LogP contribution is -2.33. The fourth-order valence-electron chi connectivity index (χ4n) is 2.29. The van der Waals surface area contributed by atoms with Gasteiger partial charge in [0.2, 0.25) is 10.0 Å². The second-order valence-corrected chi connectivity index (χ2v) is 6.82. The van der Waals surface area contributed by atoms with Crippen molar-refractivity contribution < 1.29 is 26.7 Å². The van der Waals surface area contributed by atoms with Crippen molar-refractivity contribution in [3.63, 3.8) is 0 Å². The summed E-state index contributed by atoms with van der Waals surface area (Å²) in [6.07, 6.45) is -1.30. The van der Waals surface area contributed by atoms with E-state index >= 15 is 0 Å². The highest BCUT2D eigenvalue weighted by Crippen LogP contribution is 2.33. The van der Waals surface area contributed by atoms with Crippen molar-refractivity contribution in [2.24, 2.45) is 5.92 Å². The van der Waals surface area contributed by atoms with Crippen LogP contribution in [0.5, 0.6) is 0 Å². The summed E-state index contributed by atoms with van der Waals surface area (Å²) in [5, 5.41) is 17.7. The van der Waals surface area contributed by atoms with Gasteiger partial charge >= 0.3 is 6.18 Å². The Hall–Kier alpha value is -1.89. The first-order chi connectivity index (χ1) is 10.7. The molecule has 0 radical (unpaired) electrons. The van der Waals surface area contributed by atoms with Crippen LogP contribution in [0.2, 0.25) is 0 Å². The summed E-state index contributed by atoms with van der Waals surface area (Å²) in [6, 6.07) is 3.03. The van der Waals surface area contributed by atoms with E-state index < -0.39 is 38.3 Å². The third-order valence-corrected chi connectivity index (χ3v) is 4.93. The summed E-state index contributed by atoms with van der Waals surface area (Å²) in [6.45, 7) is -0.135. The maximum atomic E-state index is 12.9. The van der Waals surface area contributed by atoms with Gasteiger partial charge in [-0.15, -0.1) is 0 Å². The van der Waals surface area contributed by atoms with Crippen LogP contribution in [-0.2, 0) is 16.2 Å². The van der Waals surface area contributed by atoms with Gasteiger partial charge in [0, 0.05) is 18.6 Å². The Morgan fingerprint density at radius 3 is 2.57 bits per heavy atom. The summed E-state index contributed by atoms with van der Waals surface area (Å²) in [5.41, 5.74) is -1.93. The Morgan fingerprint density at radius 1 is 1.35 bits per heavy atom. The molecule has 9 heteroatoms. The molecule has 0 heterocycles. The van der Waals surface area contributed by atoms with Crippen molar-refractivity contribution in [2.45, 2.75) is 23.5 Å². The number of benzene rings is 1. The van der Waals surface area contributed by atoms with E-state index in [1.165, 1.54) is 6.07 Å². The maximum Gasteiger partial charge on any atom is 0.417 e. The number of aliphatic hydroxyl groups excluding tert-OH is 1. The van der Waals surface area contributed by atoms with E-state index in [0.717, 1.165) is 12.1 Å². The average molecular weight is 346 g/mol. The van der Waals surface area contributed by atoms with Gasteiger partial charge in [0.15, 0.2) is 0 Å². The molecule has 1 aliphatic rings. The van der Waals surface area contributed by atoms with Crippen molar-refractivity contribution in [3.8, 4) is 6.07 Å². The summed E-state index contributed by atoms with van der Waals surface area (Å²) in [4.78, 5) is -0.565. The van der Waals surface area contributed by atoms with E-state index in [-0.39, 0.29) is 12.5 Å². The number of rotatable bonds is 4. The number of hydrogen-bond acceptors (Lipinski definition) is 4. The van der Waals surface area contributed by atoms with Crippen LogP contribution in [0.15, 0.2) is 35.2 Å². The van der Waals surface area contributed by atoms with Crippen LogP contribution in [0.25, 0.3) is 0 Å². The number of sulfonamides is 1. The Balaban J connectivity index is 2.31. The highest BCUT2D eigenvalue weighted by Gasteiger charge is 2.35. The predicted molar refractivity (Wildman–Crippen MR) is 74.6 cm³/mol. The Bertz CT molecular complexity index is 766. The first-order valence-electron chi connectivity index (χ1n) is 6.60. The fraction of sp³-hybridized carbons (Fsp3) is 0.357. The van der Waals surface area contributed by atoms with Gasteiger partial charge in [-0.3, -0.25) is 0 Å². The summed E-state index contributed by atoms with van der Waals surface area (Å²) in [7, 11) is -4.18. The SMILES string of the molecule is N#Cc1ccc(S(=O)(=O)N[C@@H]2C=C[C@H](CO)C2)cc1C(F)(F)F. The van der Waals surface area contributed by atoms with E-state index in [1.54, 1.807) is 12.2 Å². The van der Waals surface area contributed by atoms with Crippen LogP contribution in [0, 0.1) is 17.2 Å². The van der Waals surface area contributed by atoms with Crippen molar-refractivity contribution in [1.29, 1.82) is 5.26 Å². The van der Waals surface area contributed by atoms with Crippen LogP contribution in [0.4, 0.5) is 13.2 Å². The second kappa shape index (κ2) is 6.31. The van der Waals surface area contributed by atoms with E-state index in [4.69, 9.17) is 10.4 Å². The zero-order valence-electron chi connectivity index (χ0n) is 11.7. The van der Waals surface area contributed by atoms with Crippen molar-refractivity contribution in [3.05, 3.63) is 41.5 Å². The molecule has 2 N–H and O–H groups in total. The number of alkyl halides is 3. The fourth-order valence-corrected chi connectivity index (χ4v) is 3.52. The molecular formula is C14H13F3N2O3S. The number of aliphatic hydroxyl groups is 1. The largest absolute Gasteiger partial charge is 0.417 e. The molecule has 0 bridgehead atoms. The van der Waals surface area contributed by atoms with Crippen LogP contribution in [-0.4, -0.2) is 26.2 Å². The molecule has 0 amide bonds. The van der Waals surface area contributed by atoms with Crippen LogP contribution in [0.3, 0.4) is 0 Å². The van der Waals surface area contributed by atoms with E-state index in [9.17, 15) is 21.6 Å². The summed E-state index contributed by atoms with van der Waals surface area (Å²) >= 11 is 0. The topological polar surface area (TPSA) is 90.2 Å². The smallest absolute Gasteiger partial charge is 0.396 e. The number of nitrogens with zero attached hydrogens (tertiary/aromatic N) is 1. The molecule has 23 heavy (non-hydrogen) atoms. The van der Waals surface area contributed by atoms with Gasteiger partial charge in [0.1, 0.15) is 0 Å².